The van der Waals surface area contributed by atoms with Crippen LogP contribution in [-0.4, -0.2) is 40.5 Å². The zero-order valence-electron chi connectivity index (χ0n) is 14.7. The van der Waals surface area contributed by atoms with Crippen LogP contribution in [0.15, 0.2) is 24.3 Å². The molecule has 1 aromatic carbocycles. The fraction of sp³-hybridized carbons (Fsp3) is 0.444. The smallest absolute Gasteiger partial charge is 0.322 e. The molecule has 1 saturated heterocycles. The van der Waals surface area contributed by atoms with Crippen LogP contribution in [-0.2, 0) is 11.8 Å². The number of hydrogen-bond donors (Lipinski definition) is 1. The number of carbonyl (C=O) groups excluding carboxylic acids is 1. The minimum absolute atomic E-state index is 0.102. The minimum Gasteiger partial charge on any atom is -0.377 e. The van der Waals surface area contributed by atoms with E-state index in [1.54, 1.807) is 0 Å². The van der Waals surface area contributed by atoms with Crippen LogP contribution in [0.3, 0.4) is 0 Å². The van der Waals surface area contributed by atoms with Gasteiger partial charge in [0.05, 0.1) is 24.9 Å². The lowest BCUT2D eigenvalue weighted by Crippen LogP contribution is -2.45. The van der Waals surface area contributed by atoms with Gasteiger partial charge < -0.3 is 15.0 Å². The van der Waals surface area contributed by atoms with E-state index in [0.29, 0.717) is 19.8 Å². The number of aromatic nitrogens is 2. The van der Waals surface area contributed by atoms with Crippen LogP contribution in [0.1, 0.15) is 28.6 Å². The summed E-state index contributed by atoms with van der Waals surface area (Å²) in [7, 11) is 1.92. The van der Waals surface area contributed by atoms with Crippen molar-refractivity contribution in [2.75, 3.05) is 25.1 Å². The highest BCUT2D eigenvalue weighted by molar-refractivity contribution is 5.89. The maximum atomic E-state index is 12.8. The number of rotatable bonds is 2. The minimum atomic E-state index is -0.113. The first kappa shape index (κ1) is 16.5. The van der Waals surface area contributed by atoms with Crippen molar-refractivity contribution in [1.82, 2.24) is 14.7 Å². The summed E-state index contributed by atoms with van der Waals surface area (Å²) in [6, 6.07) is 7.60. The van der Waals surface area contributed by atoms with E-state index in [0.717, 1.165) is 22.6 Å². The first-order valence-corrected chi connectivity index (χ1v) is 8.19. The molecule has 2 aromatic rings. The summed E-state index contributed by atoms with van der Waals surface area (Å²) in [5.41, 5.74) is 5.06. The number of urea groups is 1. The lowest BCUT2D eigenvalue weighted by Gasteiger charge is -2.36. The summed E-state index contributed by atoms with van der Waals surface area (Å²) in [4.78, 5) is 14.6. The molecule has 2 heterocycles. The van der Waals surface area contributed by atoms with Gasteiger partial charge in [-0.2, -0.15) is 5.10 Å². The van der Waals surface area contributed by atoms with E-state index in [9.17, 15) is 4.79 Å². The monoisotopic (exact) mass is 328 g/mol. The molecule has 2 amide bonds. The first-order valence-electron chi connectivity index (χ1n) is 8.19. The average Bonchev–Trinajstić information content (AvgIpc) is 2.82. The van der Waals surface area contributed by atoms with Crippen molar-refractivity contribution in [3.63, 3.8) is 0 Å². The lowest BCUT2D eigenvalue weighted by molar-refractivity contribution is 0.0143. The van der Waals surface area contributed by atoms with Gasteiger partial charge in [-0.15, -0.1) is 0 Å². The summed E-state index contributed by atoms with van der Waals surface area (Å²) in [6.45, 7) is 7.64. The zero-order chi connectivity index (χ0) is 17.3. The summed E-state index contributed by atoms with van der Waals surface area (Å²) in [5, 5.41) is 7.46. The third-order valence-electron chi connectivity index (χ3n) is 4.59. The topological polar surface area (TPSA) is 59.4 Å². The van der Waals surface area contributed by atoms with E-state index < -0.39 is 0 Å². The Bertz CT molecular complexity index is 736. The second-order valence-electron chi connectivity index (χ2n) is 6.29. The van der Waals surface area contributed by atoms with Crippen molar-refractivity contribution in [2.45, 2.75) is 26.8 Å². The SMILES string of the molecule is Cc1ccc(NC(=O)N2CCOCC2c2c(C)nn(C)c2C)cc1. The van der Waals surface area contributed by atoms with Gasteiger partial charge in [0.2, 0.25) is 0 Å². The fourth-order valence-corrected chi connectivity index (χ4v) is 3.19. The molecule has 1 N–H and O–H groups in total. The van der Waals surface area contributed by atoms with Gasteiger partial charge in [0, 0.05) is 30.5 Å². The van der Waals surface area contributed by atoms with E-state index in [4.69, 9.17) is 4.74 Å². The van der Waals surface area contributed by atoms with Gasteiger partial charge in [0.25, 0.3) is 0 Å². The number of nitrogens with one attached hydrogen (secondary N) is 1. The van der Waals surface area contributed by atoms with Crippen LogP contribution in [0, 0.1) is 20.8 Å². The number of carbonyl (C=O) groups is 1. The molecule has 0 spiro atoms. The number of ether oxygens (including phenoxy) is 1. The third kappa shape index (κ3) is 3.14. The summed E-state index contributed by atoms with van der Waals surface area (Å²) >= 11 is 0. The van der Waals surface area contributed by atoms with Crippen LogP contribution < -0.4 is 5.32 Å². The number of anilines is 1. The molecule has 3 rings (SSSR count). The Labute approximate surface area is 142 Å². The number of nitrogens with zero attached hydrogens (tertiary/aromatic N) is 3. The van der Waals surface area contributed by atoms with Gasteiger partial charge >= 0.3 is 6.03 Å². The number of hydrogen-bond acceptors (Lipinski definition) is 3. The Kier molecular flexibility index (Phi) is 4.57. The normalized spacial score (nSPS) is 17.8. The summed E-state index contributed by atoms with van der Waals surface area (Å²) in [5.74, 6) is 0. The van der Waals surface area contributed by atoms with Crippen molar-refractivity contribution >= 4 is 11.7 Å². The maximum Gasteiger partial charge on any atom is 0.322 e. The van der Waals surface area contributed by atoms with Crippen LogP contribution in [0.4, 0.5) is 10.5 Å². The molecule has 1 aliphatic heterocycles. The molecule has 1 aromatic heterocycles. The first-order chi connectivity index (χ1) is 11.5. The Hall–Kier alpha value is -2.34. The zero-order valence-corrected chi connectivity index (χ0v) is 14.7. The molecule has 128 valence electrons. The maximum absolute atomic E-state index is 12.8. The number of benzene rings is 1. The quantitative estimate of drug-likeness (QED) is 0.922. The van der Waals surface area contributed by atoms with E-state index in [1.165, 1.54) is 5.56 Å². The second-order valence-corrected chi connectivity index (χ2v) is 6.29. The predicted octanol–water partition coefficient (Wildman–Crippen LogP) is 2.95. The highest BCUT2D eigenvalue weighted by Crippen LogP contribution is 2.29. The molecule has 6 heteroatoms. The fourth-order valence-electron chi connectivity index (χ4n) is 3.19. The van der Waals surface area contributed by atoms with E-state index in [2.05, 4.69) is 10.4 Å². The van der Waals surface area contributed by atoms with E-state index >= 15 is 0 Å². The number of aryl methyl sites for hydroxylation is 3. The Morgan fingerprint density at radius 2 is 1.96 bits per heavy atom. The highest BCUT2D eigenvalue weighted by Gasteiger charge is 2.32. The molecule has 1 atom stereocenters. The molecule has 0 aliphatic carbocycles. The van der Waals surface area contributed by atoms with Crippen molar-refractivity contribution in [3.05, 3.63) is 46.8 Å². The molecule has 1 unspecified atom stereocenters. The summed E-state index contributed by atoms with van der Waals surface area (Å²) in [6.07, 6.45) is 0. The number of morpholine rings is 1. The molecular weight excluding hydrogens is 304 g/mol. The van der Waals surface area contributed by atoms with E-state index in [1.807, 2.05) is 61.7 Å². The van der Waals surface area contributed by atoms with Gasteiger partial charge in [-0.05, 0) is 32.9 Å². The molecule has 0 bridgehead atoms. The highest BCUT2D eigenvalue weighted by atomic mass is 16.5. The van der Waals surface area contributed by atoms with Crippen molar-refractivity contribution < 1.29 is 9.53 Å². The molecule has 1 aliphatic rings. The van der Waals surface area contributed by atoms with Gasteiger partial charge in [0.15, 0.2) is 0 Å². The Morgan fingerprint density at radius 1 is 1.25 bits per heavy atom. The largest absolute Gasteiger partial charge is 0.377 e. The third-order valence-corrected chi connectivity index (χ3v) is 4.59. The van der Waals surface area contributed by atoms with Crippen LogP contribution in [0.25, 0.3) is 0 Å². The van der Waals surface area contributed by atoms with Crippen molar-refractivity contribution in [2.24, 2.45) is 7.05 Å². The molecule has 6 nitrogen and oxygen atoms in total. The number of amides is 2. The van der Waals surface area contributed by atoms with Crippen LogP contribution in [0.5, 0.6) is 0 Å². The molecule has 0 radical (unpaired) electrons. The van der Waals surface area contributed by atoms with Crippen LogP contribution >= 0.6 is 0 Å². The van der Waals surface area contributed by atoms with Gasteiger partial charge in [-0.25, -0.2) is 4.79 Å². The lowest BCUT2D eigenvalue weighted by atomic mass is 10.0. The standard InChI is InChI=1S/C18H24N4O2/c1-12-5-7-15(8-6-12)19-18(23)22-9-10-24-11-16(22)17-13(2)20-21(4)14(17)3/h5-8,16H,9-11H2,1-4H3,(H,19,23). The molecule has 1 fully saturated rings. The Morgan fingerprint density at radius 3 is 2.58 bits per heavy atom. The molecule has 0 saturated carbocycles. The van der Waals surface area contributed by atoms with Crippen LogP contribution in [0.2, 0.25) is 0 Å². The Balaban J connectivity index is 1.84. The average molecular weight is 328 g/mol. The molecular formula is C18H24N4O2. The molecule has 24 heavy (non-hydrogen) atoms. The van der Waals surface area contributed by atoms with Crippen molar-refractivity contribution in [1.29, 1.82) is 0 Å². The second kappa shape index (κ2) is 6.65. The van der Waals surface area contributed by atoms with E-state index in [-0.39, 0.29) is 12.1 Å². The van der Waals surface area contributed by atoms with Gasteiger partial charge in [-0.1, -0.05) is 17.7 Å². The van der Waals surface area contributed by atoms with Crippen molar-refractivity contribution in [3.8, 4) is 0 Å². The predicted molar refractivity (Wildman–Crippen MR) is 93.1 cm³/mol. The summed E-state index contributed by atoms with van der Waals surface area (Å²) < 4.78 is 7.50. The van der Waals surface area contributed by atoms with Gasteiger partial charge in [0.1, 0.15) is 0 Å². The van der Waals surface area contributed by atoms with Gasteiger partial charge in [-0.3, -0.25) is 4.68 Å².